The fourth-order valence-corrected chi connectivity index (χ4v) is 3.92. The minimum atomic E-state index is 0.0878. The highest BCUT2D eigenvalue weighted by molar-refractivity contribution is 6.31. The number of anilines is 1. The molecule has 1 aliphatic rings. The molecule has 4 rings (SSSR count). The summed E-state index contributed by atoms with van der Waals surface area (Å²) in [5.41, 5.74) is 3.10. The average molecular weight is 383 g/mol. The minimum absolute atomic E-state index is 0.0878. The van der Waals surface area contributed by atoms with Gasteiger partial charge in [-0.25, -0.2) is 4.98 Å². The van der Waals surface area contributed by atoms with Crippen LogP contribution in [-0.2, 0) is 4.79 Å². The smallest absolute Gasteiger partial charge is 0.227 e. The molecule has 1 saturated carbocycles. The Hall–Kier alpha value is -2.33. The van der Waals surface area contributed by atoms with E-state index in [1.54, 1.807) is 12.1 Å². The first-order chi connectivity index (χ1) is 13.2. The van der Waals surface area contributed by atoms with Crippen LogP contribution in [-0.4, -0.2) is 10.9 Å². The van der Waals surface area contributed by atoms with Gasteiger partial charge in [-0.3, -0.25) is 4.79 Å². The number of benzene rings is 2. The number of fused-ring (bicyclic) bond motifs is 1. The average Bonchev–Trinajstić information content (AvgIpc) is 3.11. The maximum absolute atomic E-state index is 12.2. The third kappa shape index (κ3) is 4.51. The van der Waals surface area contributed by atoms with Crippen LogP contribution in [0.2, 0.25) is 5.02 Å². The molecule has 4 nitrogen and oxygen atoms in total. The summed E-state index contributed by atoms with van der Waals surface area (Å²) in [5.74, 6) is 1.35. The lowest BCUT2D eigenvalue weighted by Gasteiger charge is -2.20. The topological polar surface area (TPSA) is 55.1 Å². The maximum Gasteiger partial charge on any atom is 0.227 e. The van der Waals surface area contributed by atoms with Crippen molar-refractivity contribution in [3.8, 4) is 11.5 Å². The first kappa shape index (κ1) is 18.1. The van der Waals surface area contributed by atoms with E-state index in [4.69, 9.17) is 16.0 Å². The van der Waals surface area contributed by atoms with Crippen LogP contribution in [0.5, 0.6) is 0 Å². The van der Waals surface area contributed by atoms with Crippen LogP contribution >= 0.6 is 11.6 Å². The van der Waals surface area contributed by atoms with Crippen molar-refractivity contribution in [3.63, 3.8) is 0 Å². The molecule has 1 N–H and O–H groups in total. The third-order valence-electron chi connectivity index (χ3n) is 5.27. The van der Waals surface area contributed by atoms with Crippen LogP contribution in [0, 0.1) is 5.92 Å². The SMILES string of the molecule is O=C(CCC1CCCCC1)Nc1ccc(-c2nc3cc(Cl)ccc3o2)cc1. The first-order valence-electron chi connectivity index (χ1n) is 9.64. The molecule has 1 amide bonds. The number of hydrogen-bond acceptors (Lipinski definition) is 3. The highest BCUT2D eigenvalue weighted by Crippen LogP contribution is 2.28. The molecule has 2 aromatic carbocycles. The van der Waals surface area contributed by atoms with Crippen LogP contribution in [0.4, 0.5) is 5.69 Å². The molecule has 1 heterocycles. The minimum Gasteiger partial charge on any atom is -0.436 e. The second-order valence-electron chi connectivity index (χ2n) is 7.30. The van der Waals surface area contributed by atoms with Gasteiger partial charge in [0.2, 0.25) is 11.8 Å². The molecule has 0 radical (unpaired) electrons. The summed E-state index contributed by atoms with van der Waals surface area (Å²) in [7, 11) is 0. The fraction of sp³-hybridized carbons (Fsp3) is 0.364. The van der Waals surface area contributed by atoms with Gasteiger partial charge < -0.3 is 9.73 Å². The van der Waals surface area contributed by atoms with Gasteiger partial charge in [0.25, 0.3) is 0 Å². The number of hydrogen-bond donors (Lipinski definition) is 1. The summed E-state index contributed by atoms with van der Waals surface area (Å²) in [4.78, 5) is 16.7. The van der Waals surface area contributed by atoms with Crippen molar-refractivity contribution in [3.05, 3.63) is 47.5 Å². The van der Waals surface area contributed by atoms with Crippen molar-refractivity contribution < 1.29 is 9.21 Å². The molecular weight excluding hydrogens is 360 g/mol. The van der Waals surface area contributed by atoms with E-state index in [9.17, 15) is 4.79 Å². The Labute approximate surface area is 163 Å². The monoisotopic (exact) mass is 382 g/mol. The van der Waals surface area contributed by atoms with Gasteiger partial charge in [0.1, 0.15) is 5.52 Å². The van der Waals surface area contributed by atoms with Crippen molar-refractivity contribution in [2.45, 2.75) is 44.9 Å². The molecule has 0 aliphatic heterocycles. The number of carbonyl (C=O) groups excluding carboxylic acids is 1. The molecule has 1 aromatic heterocycles. The van der Waals surface area contributed by atoms with E-state index in [0.717, 1.165) is 29.1 Å². The summed E-state index contributed by atoms with van der Waals surface area (Å²) < 4.78 is 5.78. The van der Waals surface area contributed by atoms with Gasteiger partial charge in [-0.2, -0.15) is 0 Å². The van der Waals surface area contributed by atoms with Crippen LogP contribution in [0.3, 0.4) is 0 Å². The number of aromatic nitrogens is 1. The van der Waals surface area contributed by atoms with Gasteiger partial charge in [-0.1, -0.05) is 43.7 Å². The standard InChI is InChI=1S/C22H23ClN2O2/c23-17-9-12-20-19(14-17)25-22(27-20)16-7-10-18(11-8-16)24-21(26)13-6-15-4-2-1-3-5-15/h7-12,14-15H,1-6,13H2,(H,24,26). The summed E-state index contributed by atoms with van der Waals surface area (Å²) in [6.07, 6.45) is 8.12. The van der Waals surface area contributed by atoms with Gasteiger partial charge in [0.05, 0.1) is 0 Å². The van der Waals surface area contributed by atoms with E-state index in [2.05, 4.69) is 10.3 Å². The third-order valence-corrected chi connectivity index (χ3v) is 5.50. The van der Waals surface area contributed by atoms with E-state index in [0.29, 0.717) is 22.9 Å². The molecule has 0 bridgehead atoms. The molecule has 140 valence electrons. The van der Waals surface area contributed by atoms with Gasteiger partial charge in [0, 0.05) is 22.7 Å². The number of carbonyl (C=O) groups is 1. The van der Waals surface area contributed by atoms with Crippen LogP contribution in [0.15, 0.2) is 46.9 Å². The second-order valence-corrected chi connectivity index (χ2v) is 7.74. The van der Waals surface area contributed by atoms with Gasteiger partial charge in [-0.15, -0.1) is 0 Å². The Kier molecular flexibility index (Phi) is 5.44. The second kappa shape index (κ2) is 8.13. The number of halogens is 1. The summed E-state index contributed by atoms with van der Waals surface area (Å²) in [6.45, 7) is 0. The predicted octanol–water partition coefficient (Wildman–Crippen LogP) is 6.45. The Bertz CT molecular complexity index is 927. The van der Waals surface area contributed by atoms with Gasteiger partial charge in [-0.05, 0) is 54.8 Å². The van der Waals surface area contributed by atoms with Gasteiger partial charge >= 0.3 is 0 Å². The predicted molar refractivity (Wildman–Crippen MR) is 109 cm³/mol. The van der Waals surface area contributed by atoms with Crippen LogP contribution in [0.25, 0.3) is 22.6 Å². The largest absolute Gasteiger partial charge is 0.436 e. The molecule has 27 heavy (non-hydrogen) atoms. The highest BCUT2D eigenvalue weighted by atomic mass is 35.5. The van der Waals surface area contributed by atoms with Crippen molar-refractivity contribution in [2.24, 2.45) is 5.92 Å². The molecule has 0 saturated heterocycles. The molecule has 1 aliphatic carbocycles. The lowest BCUT2D eigenvalue weighted by atomic mass is 9.86. The van der Waals surface area contributed by atoms with Crippen molar-refractivity contribution >= 4 is 34.3 Å². The zero-order valence-corrected chi connectivity index (χ0v) is 16.0. The van der Waals surface area contributed by atoms with E-state index in [1.165, 1.54) is 32.1 Å². The van der Waals surface area contributed by atoms with Crippen molar-refractivity contribution in [2.75, 3.05) is 5.32 Å². The van der Waals surface area contributed by atoms with Crippen molar-refractivity contribution in [1.29, 1.82) is 0 Å². The van der Waals surface area contributed by atoms with E-state index in [-0.39, 0.29) is 5.91 Å². The Morgan fingerprint density at radius 2 is 1.89 bits per heavy atom. The Morgan fingerprint density at radius 3 is 2.67 bits per heavy atom. The van der Waals surface area contributed by atoms with Gasteiger partial charge in [0.15, 0.2) is 5.58 Å². The summed E-state index contributed by atoms with van der Waals surface area (Å²) >= 11 is 6.00. The van der Waals surface area contributed by atoms with Crippen LogP contribution < -0.4 is 5.32 Å². The number of oxazole rings is 1. The molecule has 5 heteroatoms. The summed E-state index contributed by atoms with van der Waals surface area (Å²) in [5, 5.41) is 3.62. The molecular formula is C22H23ClN2O2. The normalized spacial score (nSPS) is 15.1. The number of rotatable bonds is 5. The zero-order valence-electron chi connectivity index (χ0n) is 15.2. The molecule has 0 unspecified atom stereocenters. The lowest BCUT2D eigenvalue weighted by Crippen LogP contribution is -2.14. The Morgan fingerprint density at radius 1 is 1.11 bits per heavy atom. The lowest BCUT2D eigenvalue weighted by molar-refractivity contribution is -0.116. The Balaban J connectivity index is 1.37. The maximum atomic E-state index is 12.2. The first-order valence-corrected chi connectivity index (χ1v) is 10.0. The summed E-state index contributed by atoms with van der Waals surface area (Å²) in [6, 6.07) is 13.0. The number of amides is 1. The molecule has 1 fully saturated rings. The number of nitrogens with one attached hydrogen (secondary N) is 1. The molecule has 0 spiro atoms. The quantitative estimate of drug-likeness (QED) is 0.551. The molecule has 3 aromatic rings. The number of nitrogens with zero attached hydrogens (tertiary/aromatic N) is 1. The fourth-order valence-electron chi connectivity index (χ4n) is 3.75. The van der Waals surface area contributed by atoms with E-state index >= 15 is 0 Å². The van der Waals surface area contributed by atoms with E-state index in [1.807, 2.05) is 30.3 Å². The van der Waals surface area contributed by atoms with Crippen molar-refractivity contribution in [1.82, 2.24) is 4.98 Å². The van der Waals surface area contributed by atoms with E-state index < -0.39 is 0 Å². The zero-order chi connectivity index (χ0) is 18.6. The highest BCUT2D eigenvalue weighted by Gasteiger charge is 2.15. The van der Waals surface area contributed by atoms with Crippen LogP contribution in [0.1, 0.15) is 44.9 Å². The molecule has 0 atom stereocenters.